The summed E-state index contributed by atoms with van der Waals surface area (Å²) < 4.78 is 12.0. The van der Waals surface area contributed by atoms with E-state index >= 15 is 0 Å². The van der Waals surface area contributed by atoms with Crippen LogP contribution in [-0.4, -0.2) is 61.1 Å². The van der Waals surface area contributed by atoms with Crippen LogP contribution in [0.15, 0.2) is 35.4 Å². The Kier molecular flexibility index (Phi) is 6.71. The number of piperazine rings is 1. The van der Waals surface area contributed by atoms with Crippen molar-refractivity contribution in [1.29, 1.82) is 5.26 Å². The molecule has 0 saturated carbocycles. The monoisotopic (exact) mass is 438 g/mol. The van der Waals surface area contributed by atoms with Crippen LogP contribution < -0.4 is 9.64 Å². The lowest BCUT2D eigenvalue weighted by Gasteiger charge is -2.39. The summed E-state index contributed by atoms with van der Waals surface area (Å²) in [7, 11) is 0. The highest BCUT2D eigenvalue weighted by molar-refractivity contribution is 7.98. The molecule has 7 heteroatoms. The highest BCUT2D eigenvalue weighted by Crippen LogP contribution is 2.38. The number of para-hydroxylation sites is 1. The molecule has 0 spiro atoms. The molecule has 0 amide bonds. The van der Waals surface area contributed by atoms with E-state index in [4.69, 9.17) is 14.5 Å². The maximum Gasteiger partial charge on any atom is 0.135 e. The summed E-state index contributed by atoms with van der Waals surface area (Å²) in [5, 5.41) is 10.6. The number of aromatic nitrogens is 1. The van der Waals surface area contributed by atoms with Gasteiger partial charge >= 0.3 is 0 Å². The first-order valence-corrected chi connectivity index (χ1v) is 12.0. The van der Waals surface area contributed by atoms with Crippen LogP contribution >= 0.6 is 11.8 Å². The van der Waals surface area contributed by atoms with Gasteiger partial charge in [-0.1, -0.05) is 18.2 Å². The third-order valence-corrected chi connectivity index (χ3v) is 6.65. The van der Waals surface area contributed by atoms with E-state index < -0.39 is 0 Å². The van der Waals surface area contributed by atoms with Gasteiger partial charge in [0.1, 0.15) is 29.3 Å². The molecule has 3 heterocycles. The van der Waals surface area contributed by atoms with Crippen LogP contribution in [-0.2, 0) is 17.8 Å². The molecule has 164 valence electrons. The average molecular weight is 439 g/mol. The van der Waals surface area contributed by atoms with Crippen molar-refractivity contribution >= 4 is 17.6 Å². The first kappa shape index (κ1) is 21.9. The van der Waals surface area contributed by atoms with Gasteiger partial charge in [-0.25, -0.2) is 4.98 Å². The van der Waals surface area contributed by atoms with Gasteiger partial charge in [-0.15, -0.1) is 11.8 Å². The van der Waals surface area contributed by atoms with E-state index in [0.717, 1.165) is 72.4 Å². The molecule has 2 aliphatic rings. The molecule has 4 rings (SSSR count). The van der Waals surface area contributed by atoms with Gasteiger partial charge in [-0.3, -0.25) is 4.90 Å². The van der Waals surface area contributed by atoms with Crippen LogP contribution in [0, 0.1) is 11.3 Å². The highest BCUT2D eigenvalue weighted by Gasteiger charge is 2.33. The number of ether oxygens (including phenoxy) is 2. The second-order valence-corrected chi connectivity index (χ2v) is 9.40. The second-order valence-electron chi connectivity index (χ2n) is 8.60. The summed E-state index contributed by atoms with van der Waals surface area (Å²) in [6.45, 7) is 10.0. The minimum atomic E-state index is -0.260. The standard InChI is InChI=1S/C24H30N4O2S/c1-24(2)15-19-20(16-25)23(31-3)26-22(21(19)17-30-24)28-11-9-27(10-12-28)13-14-29-18-7-5-4-6-8-18/h4-8H,9-15,17H2,1-3H3. The van der Waals surface area contributed by atoms with E-state index in [1.165, 1.54) is 0 Å². The van der Waals surface area contributed by atoms with Crippen LogP contribution in [0.1, 0.15) is 30.5 Å². The number of nitrogens with zero attached hydrogens (tertiary/aromatic N) is 4. The average Bonchev–Trinajstić information content (AvgIpc) is 2.78. The molecule has 0 unspecified atom stereocenters. The van der Waals surface area contributed by atoms with Crippen molar-refractivity contribution in [3.8, 4) is 11.8 Å². The Labute approximate surface area is 189 Å². The number of fused-ring (bicyclic) bond motifs is 1. The zero-order valence-electron chi connectivity index (χ0n) is 18.6. The first-order valence-electron chi connectivity index (χ1n) is 10.8. The van der Waals surface area contributed by atoms with E-state index in [-0.39, 0.29) is 5.60 Å². The molecule has 1 fully saturated rings. The van der Waals surface area contributed by atoms with Gasteiger partial charge in [0.2, 0.25) is 0 Å². The third kappa shape index (κ3) is 4.98. The Morgan fingerprint density at radius 3 is 2.58 bits per heavy atom. The number of thioether (sulfide) groups is 1. The molecule has 0 bridgehead atoms. The van der Waals surface area contributed by atoms with E-state index in [2.05, 4.69) is 29.7 Å². The maximum absolute atomic E-state index is 9.80. The predicted octanol–water partition coefficient (Wildman–Crippen LogP) is 3.73. The molecule has 31 heavy (non-hydrogen) atoms. The van der Waals surface area contributed by atoms with E-state index in [1.54, 1.807) is 11.8 Å². The maximum atomic E-state index is 9.80. The molecule has 1 aromatic carbocycles. The van der Waals surface area contributed by atoms with Gasteiger partial charge in [0, 0.05) is 44.7 Å². The fourth-order valence-electron chi connectivity index (χ4n) is 4.24. The number of hydrogen-bond donors (Lipinski definition) is 0. The molecule has 2 aromatic rings. The summed E-state index contributed by atoms with van der Waals surface area (Å²) in [4.78, 5) is 9.71. The third-order valence-electron chi connectivity index (χ3n) is 5.96. The van der Waals surface area contributed by atoms with Gasteiger partial charge in [0.25, 0.3) is 0 Å². The summed E-state index contributed by atoms with van der Waals surface area (Å²) in [6.07, 6.45) is 2.74. The normalized spacial score (nSPS) is 18.3. The zero-order valence-corrected chi connectivity index (χ0v) is 19.4. The fraction of sp³-hybridized carbons (Fsp3) is 0.500. The topological polar surface area (TPSA) is 61.6 Å². The van der Waals surface area contributed by atoms with Crippen molar-refractivity contribution in [3.63, 3.8) is 0 Å². The lowest BCUT2D eigenvalue weighted by Crippen LogP contribution is -2.48. The van der Waals surface area contributed by atoms with Crippen LogP contribution in [0.25, 0.3) is 0 Å². The quantitative estimate of drug-likeness (QED) is 0.637. The predicted molar refractivity (Wildman–Crippen MR) is 124 cm³/mol. The number of pyridine rings is 1. The van der Waals surface area contributed by atoms with E-state index in [0.29, 0.717) is 13.2 Å². The van der Waals surface area contributed by atoms with Gasteiger partial charge in [-0.2, -0.15) is 5.26 Å². The fourth-order valence-corrected chi connectivity index (χ4v) is 4.79. The zero-order chi connectivity index (χ0) is 21.8. The molecule has 1 aromatic heterocycles. The molecular formula is C24H30N4O2S. The van der Waals surface area contributed by atoms with Crippen molar-refractivity contribution in [2.24, 2.45) is 0 Å². The minimum absolute atomic E-state index is 0.260. The van der Waals surface area contributed by atoms with Crippen molar-refractivity contribution < 1.29 is 9.47 Å². The molecule has 0 aliphatic carbocycles. The largest absolute Gasteiger partial charge is 0.492 e. The van der Waals surface area contributed by atoms with Gasteiger partial charge in [0.05, 0.1) is 17.8 Å². The van der Waals surface area contributed by atoms with Crippen LogP contribution in [0.2, 0.25) is 0 Å². The minimum Gasteiger partial charge on any atom is -0.492 e. The van der Waals surface area contributed by atoms with Crippen LogP contribution in [0.3, 0.4) is 0 Å². The van der Waals surface area contributed by atoms with Crippen LogP contribution in [0.4, 0.5) is 5.82 Å². The summed E-state index contributed by atoms with van der Waals surface area (Å²) in [5.41, 5.74) is 2.67. The van der Waals surface area contributed by atoms with E-state index in [1.807, 2.05) is 36.6 Å². The molecule has 0 radical (unpaired) electrons. The van der Waals surface area contributed by atoms with Gasteiger partial charge in [-0.05, 0) is 37.8 Å². The smallest absolute Gasteiger partial charge is 0.135 e. The van der Waals surface area contributed by atoms with E-state index in [9.17, 15) is 5.26 Å². The summed E-state index contributed by atoms with van der Waals surface area (Å²) in [5.74, 6) is 1.91. The molecule has 6 nitrogen and oxygen atoms in total. The second kappa shape index (κ2) is 9.47. The lowest BCUT2D eigenvalue weighted by atomic mass is 9.89. The van der Waals surface area contributed by atoms with Crippen molar-refractivity contribution in [1.82, 2.24) is 9.88 Å². The molecular weight excluding hydrogens is 408 g/mol. The Hall–Kier alpha value is -2.27. The molecule has 1 saturated heterocycles. The first-order chi connectivity index (χ1) is 15.0. The van der Waals surface area contributed by atoms with Crippen molar-refractivity contribution in [2.75, 3.05) is 50.5 Å². The number of nitriles is 1. The number of benzene rings is 1. The number of anilines is 1. The van der Waals surface area contributed by atoms with Gasteiger partial charge in [0.15, 0.2) is 0 Å². The molecule has 2 aliphatic heterocycles. The highest BCUT2D eigenvalue weighted by atomic mass is 32.2. The molecule has 0 atom stereocenters. The van der Waals surface area contributed by atoms with Crippen molar-refractivity contribution in [2.45, 2.75) is 37.5 Å². The SMILES string of the molecule is CSc1nc(N2CCN(CCOc3ccccc3)CC2)c2c(c1C#N)CC(C)(C)OC2. The summed E-state index contributed by atoms with van der Waals surface area (Å²) >= 11 is 1.55. The van der Waals surface area contributed by atoms with Gasteiger partial charge < -0.3 is 14.4 Å². The number of rotatable bonds is 6. The Morgan fingerprint density at radius 1 is 1.16 bits per heavy atom. The lowest BCUT2D eigenvalue weighted by molar-refractivity contribution is -0.0402. The Balaban J connectivity index is 1.44. The molecule has 0 N–H and O–H groups in total. The van der Waals surface area contributed by atoms with Crippen LogP contribution in [0.5, 0.6) is 5.75 Å². The Bertz CT molecular complexity index is 950. The summed E-state index contributed by atoms with van der Waals surface area (Å²) in [6, 6.07) is 12.4. The van der Waals surface area contributed by atoms with Crippen molar-refractivity contribution in [3.05, 3.63) is 47.0 Å². The number of hydrogen-bond acceptors (Lipinski definition) is 7. The Morgan fingerprint density at radius 2 is 1.90 bits per heavy atom.